The van der Waals surface area contributed by atoms with E-state index in [2.05, 4.69) is 21.0 Å². The monoisotopic (exact) mass is 421 g/mol. The summed E-state index contributed by atoms with van der Waals surface area (Å²) >= 11 is 5.25. The third-order valence-corrected chi connectivity index (χ3v) is 5.33. The first-order valence-corrected chi connectivity index (χ1v) is 10.0. The van der Waals surface area contributed by atoms with E-state index in [1.165, 1.54) is 0 Å². The van der Waals surface area contributed by atoms with Gasteiger partial charge >= 0.3 is 6.03 Å². The molecular formula is C19H27N5O4S. The van der Waals surface area contributed by atoms with Gasteiger partial charge in [-0.3, -0.25) is 15.1 Å². The molecule has 2 saturated heterocycles. The van der Waals surface area contributed by atoms with Gasteiger partial charge in [-0.2, -0.15) is 5.01 Å². The van der Waals surface area contributed by atoms with Crippen molar-refractivity contribution in [3.63, 3.8) is 0 Å². The summed E-state index contributed by atoms with van der Waals surface area (Å²) in [6, 6.07) is 6.49. The van der Waals surface area contributed by atoms with Crippen molar-refractivity contribution in [2.75, 3.05) is 46.5 Å². The highest BCUT2D eigenvalue weighted by molar-refractivity contribution is 7.80. The largest absolute Gasteiger partial charge is 0.497 e. The van der Waals surface area contributed by atoms with Crippen LogP contribution in [0, 0.1) is 0 Å². The van der Waals surface area contributed by atoms with Crippen LogP contribution in [0.1, 0.15) is 18.9 Å². The minimum absolute atomic E-state index is 0.227. The molecule has 3 amide bonds. The van der Waals surface area contributed by atoms with E-state index in [1.807, 2.05) is 0 Å². The number of rotatable bonds is 7. The molecule has 0 aromatic heterocycles. The lowest BCUT2D eigenvalue weighted by atomic mass is 9.92. The molecule has 2 heterocycles. The van der Waals surface area contributed by atoms with Crippen molar-refractivity contribution >= 4 is 29.3 Å². The first kappa shape index (κ1) is 21.3. The second kappa shape index (κ2) is 9.38. The van der Waals surface area contributed by atoms with Crippen molar-refractivity contribution in [1.29, 1.82) is 0 Å². The molecule has 2 aliphatic heterocycles. The zero-order valence-electron chi connectivity index (χ0n) is 16.7. The maximum atomic E-state index is 12.9. The molecule has 29 heavy (non-hydrogen) atoms. The topological polar surface area (TPSA) is 95.2 Å². The zero-order chi connectivity index (χ0) is 20.9. The van der Waals surface area contributed by atoms with E-state index in [1.54, 1.807) is 38.3 Å². The van der Waals surface area contributed by atoms with Gasteiger partial charge in [-0.1, -0.05) is 12.1 Å². The average molecular weight is 422 g/mol. The summed E-state index contributed by atoms with van der Waals surface area (Å²) in [6.07, 6.45) is 0.892. The highest BCUT2D eigenvalue weighted by Crippen LogP contribution is 2.30. The van der Waals surface area contributed by atoms with Gasteiger partial charge in [0.25, 0.3) is 5.91 Å². The van der Waals surface area contributed by atoms with E-state index in [-0.39, 0.29) is 5.11 Å². The Balaban J connectivity index is 1.52. The summed E-state index contributed by atoms with van der Waals surface area (Å²) in [5.74, 6) is 0.169. The molecule has 10 heteroatoms. The maximum absolute atomic E-state index is 12.9. The van der Waals surface area contributed by atoms with Crippen molar-refractivity contribution in [2.45, 2.75) is 18.9 Å². The number of carbonyl (C=O) groups is 2. The number of urea groups is 1. The van der Waals surface area contributed by atoms with Gasteiger partial charge in [0.15, 0.2) is 5.11 Å². The number of hydrogen-bond acceptors (Lipinski definition) is 6. The van der Waals surface area contributed by atoms with Gasteiger partial charge in [0.1, 0.15) is 11.3 Å². The fraction of sp³-hybridized carbons (Fsp3) is 0.526. The third kappa shape index (κ3) is 4.95. The number of amides is 3. The van der Waals surface area contributed by atoms with Gasteiger partial charge in [0, 0.05) is 19.6 Å². The molecule has 158 valence electrons. The van der Waals surface area contributed by atoms with Gasteiger partial charge in [-0.25, -0.2) is 4.79 Å². The lowest BCUT2D eigenvalue weighted by Crippen LogP contribution is -2.51. The summed E-state index contributed by atoms with van der Waals surface area (Å²) in [6.45, 7) is 6.65. The quantitative estimate of drug-likeness (QED) is 0.334. The molecular weight excluding hydrogens is 394 g/mol. The average Bonchev–Trinajstić information content (AvgIpc) is 2.96. The van der Waals surface area contributed by atoms with E-state index in [0.29, 0.717) is 17.9 Å². The van der Waals surface area contributed by atoms with Crippen LogP contribution >= 0.6 is 12.2 Å². The van der Waals surface area contributed by atoms with Gasteiger partial charge < -0.3 is 20.1 Å². The van der Waals surface area contributed by atoms with Gasteiger partial charge in [-0.15, -0.1) is 0 Å². The number of benzene rings is 1. The predicted octanol–water partition coefficient (Wildman–Crippen LogP) is 0.564. The number of nitrogens with zero attached hydrogens (tertiary/aromatic N) is 2. The molecule has 3 rings (SSSR count). The number of hydrazine groups is 1. The molecule has 9 nitrogen and oxygen atoms in total. The van der Waals surface area contributed by atoms with Crippen LogP contribution in [0.25, 0.3) is 0 Å². The Morgan fingerprint density at radius 3 is 2.83 bits per heavy atom. The third-order valence-electron chi connectivity index (χ3n) is 5.09. The molecule has 1 aromatic carbocycles. The molecule has 2 aliphatic rings. The minimum Gasteiger partial charge on any atom is -0.497 e. The van der Waals surface area contributed by atoms with Crippen molar-refractivity contribution in [3.8, 4) is 5.75 Å². The summed E-state index contributed by atoms with van der Waals surface area (Å²) in [5.41, 5.74) is 2.12. The van der Waals surface area contributed by atoms with Gasteiger partial charge in [0.2, 0.25) is 0 Å². The predicted molar refractivity (Wildman–Crippen MR) is 111 cm³/mol. The zero-order valence-corrected chi connectivity index (χ0v) is 17.5. The Morgan fingerprint density at radius 2 is 2.10 bits per heavy atom. The number of thiocarbonyl (C=S) groups is 1. The van der Waals surface area contributed by atoms with Crippen LogP contribution in [0.2, 0.25) is 0 Å². The van der Waals surface area contributed by atoms with E-state index < -0.39 is 17.5 Å². The molecule has 0 spiro atoms. The summed E-state index contributed by atoms with van der Waals surface area (Å²) in [5, 5.41) is 6.91. The highest BCUT2D eigenvalue weighted by atomic mass is 32.1. The van der Waals surface area contributed by atoms with Crippen LogP contribution in [0.3, 0.4) is 0 Å². The molecule has 1 aromatic rings. The number of imide groups is 1. The molecule has 0 saturated carbocycles. The van der Waals surface area contributed by atoms with Gasteiger partial charge in [0.05, 0.1) is 20.3 Å². The fourth-order valence-electron chi connectivity index (χ4n) is 3.34. The number of carbonyl (C=O) groups excluding carboxylic acids is 2. The molecule has 2 fully saturated rings. The smallest absolute Gasteiger partial charge is 0.344 e. The maximum Gasteiger partial charge on any atom is 0.344 e. The first-order valence-electron chi connectivity index (χ1n) is 9.60. The van der Waals surface area contributed by atoms with Crippen molar-refractivity contribution < 1.29 is 19.1 Å². The molecule has 0 bridgehead atoms. The second-order valence-corrected chi connectivity index (χ2v) is 7.51. The Morgan fingerprint density at radius 1 is 1.34 bits per heavy atom. The highest BCUT2D eigenvalue weighted by Gasteiger charge is 2.49. The lowest BCUT2D eigenvalue weighted by Gasteiger charge is -2.26. The molecule has 3 N–H and O–H groups in total. The van der Waals surface area contributed by atoms with Crippen LogP contribution in [-0.2, 0) is 15.1 Å². The van der Waals surface area contributed by atoms with E-state index in [9.17, 15) is 9.59 Å². The van der Waals surface area contributed by atoms with Crippen LogP contribution in [0.4, 0.5) is 4.79 Å². The first-order chi connectivity index (χ1) is 13.9. The summed E-state index contributed by atoms with van der Waals surface area (Å²) in [7, 11) is 1.55. The molecule has 0 radical (unpaired) electrons. The van der Waals surface area contributed by atoms with Crippen LogP contribution in [0.15, 0.2) is 24.3 Å². The normalized spacial score (nSPS) is 22.3. The molecule has 1 atom stereocenters. The number of ether oxygens (including phenoxy) is 2. The number of morpholine rings is 1. The van der Waals surface area contributed by atoms with E-state index in [0.717, 1.165) is 44.3 Å². The van der Waals surface area contributed by atoms with Crippen LogP contribution in [0.5, 0.6) is 5.75 Å². The number of hydrogen-bond donors (Lipinski definition) is 3. The molecule has 0 aliphatic carbocycles. The Kier molecular flexibility index (Phi) is 6.88. The summed E-state index contributed by atoms with van der Waals surface area (Å²) in [4.78, 5) is 27.7. The van der Waals surface area contributed by atoms with Crippen LogP contribution < -0.4 is 20.8 Å². The SMILES string of the molecule is COc1cccc([C@@]2(C)NC(=O)N(NC(=S)NCCCN3CCOCC3)C2=O)c1. The van der Waals surface area contributed by atoms with Crippen molar-refractivity contribution in [2.24, 2.45) is 0 Å². The van der Waals surface area contributed by atoms with Gasteiger partial charge in [-0.05, 0) is 49.8 Å². The van der Waals surface area contributed by atoms with E-state index >= 15 is 0 Å². The standard InChI is InChI=1S/C19H27N5O4S/c1-19(14-5-3-6-15(13-14)27-2)16(25)24(18(26)21-19)22-17(29)20-7-4-8-23-9-11-28-12-10-23/h3,5-6,13H,4,7-12H2,1-2H3,(H,21,26)(H2,20,22,29)/t19-/m1/s1. The number of nitrogens with one attached hydrogen (secondary N) is 3. The summed E-state index contributed by atoms with van der Waals surface area (Å²) < 4.78 is 10.5. The molecule has 0 unspecified atom stereocenters. The second-order valence-electron chi connectivity index (χ2n) is 7.10. The lowest BCUT2D eigenvalue weighted by molar-refractivity contribution is -0.132. The van der Waals surface area contributed by atoms with Crippen molar-refractivity contribution in [1.82, 2.24) is 26.0 Å². The Labute approximate surface area is 175 Å². The Bertz CT molecular complexity index is 771. The number of methoxy groups -OCH3 is 1. The fourth-order valence-corrected chi connectivity index (χ4v) is 3.53. The van der Waals surface area contributed by atoms with E-state index in [4.69, 9.17) is 21.7 Å². The van der Waals surface area contributed by atoms with Crippen molar-refractivity contribution in [3.05, 3.63) is 29.8 Å². The Hall–Kier alpha value is -2.43. The minimum atomic E-state index is -1.20. The van der Waals surface area contributed by atoms with Crippen LogP contribution in [-0.4, -0.2) is 73.5 Å².